The lowest BCUT2D eigenvalue weighted by atomic mass is 10.1. The van der Waals surface area contributed by atoms with Crippen LogP contribution in [-0.4, -0.2) is 30.1 Å². The monoisotopic (exact) mass is 330 g/mol. The fraction of sp³-hybridized carbons (Fsp3) is 0.579. The number of carbonyl (C=O) groups is 2. The highest BCUT2D eigenvalue weighted by atomic mass is 16.4. The van der Waals surface area contributed by atoms with Gasteiger partial charge in [0.2, 0.25) is 5.91 Å². The van der Waals surface area contributed by atoms with E-state index in [0.717, 1.165) is 18.7 Å². The predicted octanol–water partition coefficient (Wildman–Crippen LogP) is 2.65. The standard InChI is InChI=1S/C19H26N2O3/c1-19(2)15(16(19)18(23)24)17(22)20-12-13-8-4-5-9-14(13)21-10-6-3-7-11-21/h4-5,8-9,15-16H,3,6-7,10-12H2,1-2H3,(H,20,22)(H,23,24)/t15-,16+/m1/s1. The summed E-state index contributed by atoms with van der Waals surface area (Å²) in [6.07, 6.45) is 3.69. The van der Waals surface area contributed by atoms with Gasteiger partial charge in [-0.05, 0) is 36.3 Å². The minimum absolute atomic E-state index is 0.152. The van der Waals surface area contributed by atoms with E-state index in [1.165, 1.54) is 24.9 Å². The molecule has 1 saturated heterocycles. The highest BCUT2D eigenvalue weighted by Crippen LogP contribution is 2.58. The molecule has 24 heavy (non-hydrogen) atoms. The zero-order valence-corrected chi connectivity index (χ0v) is 14.4. The molecule has 1 aromatic carbocycles. The largest absolute Gasteiger partial charge is 0.481 e. The van der Waals surface area contributed by atoms with Crippen molar-refractivity contribution in [2.45, 2.75) is 39.7 Å². The molecule has 1 amide bonds. The summed E-state index contributed by atoms with van der Waals surface area (Å²) < 4.78 is 0. The molecule has 0 radical (unpaired) electrons. The lowest BCUT2D eigenvalue weighted by Gasteiger charge is -2.30. The van der Waals surface area contributed by atoms with Crippen molar-refractivity contribution in [2.75, 3.05) is 18.0 Å². The number of rotatable bonds is 5. The summed E-state index contributed by atoms with van der Waals surface area (Å²) in [6, 6.07) is 8.15. The summed E-state index contributed by atoms with van der Waals surface area (Å²) in [7, 11) is 0. The number of para-hydroxylation sites is 1. The van der Waals surface area contributed by atoms with Crippen LogP contribution in [0.2, 0.25) is 0 Å². The lowest BCUT2D eigenvalue weighted by Crippen LogP contribution is -2.32. The fourth-order valence-corrected chi connectivity index (χ4v) is 3.98. The van der Waals surface area contributed by atoms with Gasteiger partial charge in [0.25, 0.3) is 0 Å². The first-order chi connectivity index (χ1) is 11.4. The average Bonchev–Trinajstić information content (AvgIpc) is 3.16. The third-order valence-corrected chi connectivity index (χ3v) is 5.52. The Bertz CT molecular complexity index is 635. The first-order valence-corrected chi connectivity index (χ1v) is 8.76. The number of nitrogens with zero attached hydrogens (tertiary/aromatic N) is 1. The maximum atomic E-state index is 12.4. The smallest absolute Gasteiger partial charge is 0.307 e. The Morgan fingerprint density at radius 2 is 1.83 bits per heavy atom. The van der Waals surface area contributed by atoms with Crippen LogP contribution < -0.4 is 10.2 Å². The molecule has 1 aliphatic heterocycles. The van der Waals surface area contributed by atoms with Gasteiger partial charge in [-0.2, -0.15) is 0 Å². The maximum Gasteiger partial charge on any atom is 0.307 e. The van der Waals surface area contributed by atoms with Gasteiger partial charge in [0.05, 0.1) is 11.8 Å². The van der Waals surface area contributed by atoms with E-state index in [0.29, 0.717) is 6.54 Å². The molecule has 3 rings (SSSR count). The number of carbonyl (C=O) groups excluding carboxylic acids is 1. The zero-order chi connectivity index (χ0) is 17.3. The van der Waals surface area contributed by atoms with E-state index >= 15 is 0 Å². The molecule has 1 aromatic rings. The molecule has 130 valence electrons. The minimum Gasteiger partial charge on any atom is -0.481 e. The van der Waals surface area contributed by atoms with Gasteiger partial charge in [-0.1, -0.05) is 32.0 Å². The zero-order valence-electron chi connectivity index (χ0n) is 14.4. The number of anilines is 1. The summed E-state index contributed by atoms with van der Waals surface area (Å²) in [4.78, 5) is 26.0. The van der Waals surface area contributed by atoms with Gasteiger partial charge in [-0.15, -0.1) is 0 Å². The Labute approximate surface area is 143 Å². The van der Waals surface area contributed by atoms with Crippen LogP contribution in [0.15, 0.2) is 24.3 Å². The highest BCUT2D eigenvalue weighted by molar-refractivity contribution is 5.91. The van der Waals surface area contributed by atoms with Gasteiger partial charge in [-0.25, -0.2) is 0 Å². The number of nitrogens with one attached hydrogen (secondary N) is 1. The number of carboxylic acid groups (broad SMARTS) is 1. The Morgan fingerprint density at radius 1 is 1.17 bits per heavy atom. The van der Waals surface area contributed by atoms with Gasteiger partial charge < -0.3 is 15.3 Å². The normalized spacial score (nSPS) is 25.2. The number of amides is 1. The molecule has 2 atom stereocenters. The van der Waals surface area contributed by atoms with Crippen molar-refractivity contribution in [3.63, 3.8) is 0 Å². The summed E-state index contributed by atoms with van der Waals surface area (Å²) in [5.74, 6) is -2.04. The molecular weight excluding hydrogens is 304 g/mol. The molecule has 1 aliphatic carbocycles. The highest BCUT2D eigenvalue weighted by Gasteiger charge is 2.65. The first kappa shape index (κ1) is 16.8. The summed E-state index contributed by atoms with van der Waals surface area (Å²) >= 11 is 0. The third-order valence-electron chi connectivity index (χ3n) is 5.52. The van der Waals surface area contributed by atoms with Crippen LogP contribution in [0.25, 0.3) is 0 Å². The van der Waals surface area contributed by atoms with Crippen LogP contribution in [-0.2, 0) is 16.1 Å². The van der Waals surface area contributed by atoms with Crippen molar-refractivity contribution in [3.8, 4) is 0 Å². The SMILES string of the molecule is CC1(C)[C@H](C(=O)O)[C@@H]1C(=O)NCc1ccccc1N1CCCCC1. The molecule has 0 bridgehead atoms. The molecule has 5 heteroatoms. The molecule has 0 aromatic heterocycles. The van der Waals surface area contributed by atoms with Gasteiger partial charge in [-0.3, -0.25) is 9.59 Å². The van der Waals surface area contributed by atoms with Crippen molar-refractivity contribution in [1.82, 2.24) is 5.32 Å². The van der Waals surface area contributed by atoms with Crippen LogP contribution in [0, 0.1) is 17.3 Å². The quantitative estimate of drug-likeness (QED) is 0.871. The van der Waals surface area contributed by atoms with Crippen molar-refractivity contribution in [1.29, 1.82) is 0 Å². The second-order valence-electron chi connectivity index (χ2n) is 7.51. The molecular formula is C19H26N2O3. The summed E-state index contributed by atoms with van der Waals surface area (Å²) in [6.45, 7) is 6.25. The molecule has 2 aliphatic rings. The Morgan fingerprint density at radius 3 is 2.46 bits per heavy atom. The maximum absolute atomic E-state index is 12.4. The van der Waals surface area contributed by atoms with Crippen molar-refractivity contribution < 1.29 is 14.7 Å². The van der Waals surface area contributed by atoms with E-state index in [9.17, 15) is 14.7 Å². The second kappa shape index (κ2) is 6.46. The molecule has 2 fully saturated rings. The van der Waals surface area contributed by atoms with Crippen LogP contribution in [0.3, 0.4) is 0 Å². The minimum atomic E-state index is -0.881. The number of hydrogen-bond donors (Lipinski definition) is 2. The van der Waals surface area contributed by atoms with Crippen LogP contribution >= 0.6 is 0 Å². The average molecular weight is 330 g/mol. The number of piperidine rings is 1. The number of hydrogen-bond acceptors (Lipinski definition) is 3. The first-order valence-electron chi connectivity index (χ1n) is 8.76. The molecule has 1 heterocycles. The summed E-state index contributed by atoms with van der Waals surface area (Å²) in [5.41, 5.74) is 1.82. The van der Waals surface area contributed by atoms with E-state index in [2.05, 4.69) is 16.3 Å². The van der Waals surface area contributed by atoms with Gasteiger partial charge in [0.15, 0.2) is 0 Å². The summed E-state index contributed by atoms with van der Waals surface area (Å²) in [5, 5.41) is 12.2. The molecule has 0 spiro atoms. The number of benzene rings is 1. The molecule has 0 unspecified atom stereocenters. The number of carboxylic acids is 1. The van der Waals surface area contributed by atoms with E-state index in [1.807, 2.05) is 32.0 Å². The van der Waals surface area contributed by atoms with E-state index in [1.54, 1.807) is 0 Å². The predicted molar refractivity (Wildman–Crippen MR) is 92.7 cm³/mol. The fourth-order valence-electron chi connectivity index (χ4n) is 3.98. The Hall–Kier alpha value is -2.04. The number of aliphatic carboxylic acids is 1. The van der Waals surface area contributed by atoms with Gasteiger partial charge in [0, 0.05) is 25.3 Å². The Kier molecular flexibility index (Phi) is 4.52. The van der Waals surface area contributed by atoms with Gasteiger partial charge >= 0.3 is 5.97 Å². The van der Waals surface area contributed by atoms with Crippen molar-refractivity contribution in [3.05, 3.63) is 29.8 Å². The molecule has 5 nitrogen and oxygen atoms in total. The Balaban J connectivity index is 1.65. The third kappa shape index (κ3) is 3.12. The molecule has 1 saturated carbocycles. The van der Waals surface area contributed by atoms with Crippen LogP contribution in [0.5, 0.6) is 0 Å². The van der Waals surface area contributed by atoms with E-state index in [4.69, 9.17) is 0 Å². The van der Waals surface area contributed by atoms with E-state index in [-0.39, 0.29) is 5.91 Å². The second-order valence-corrected chi connectivity index (χ2v) is 7.51. The van der Waals surface area contributed by atoms with Crippen LogP contribution in [0.1, 0.15) is 38.7 Å². The van der Waals surface area contributed by atoms with Gasteiger partial charge in [0.1, 0.15) is 0 Å². The van der Waals surface area contributed by atoms with E-state index < -0.39 is 23.2 Å². The van der Waals surface area contributed by atoms with Crippen LogP contribution in [0.4, 0.5) is 5.69 Å². The van der Waals surface area contributed by atoms with Crippen molar-refractivity contribution >= 4 is 17.6 Å². The topological polar surface area (TPSA) is 69.6 Å². The van der Waals surface area contributed by atoms with Crippen molar-refractivity contribution in [2.24, 2.45) is 17.3 Å². The molecule has 2 N–H and O–H groups in total. The lowest BCUT2D eigenvalue weighted by molar-refractivity contribution is -0.140.